The van der Waals surface area contributed by atoms with Crippen molar-refractivity contribution in [2.24, 2.45) is 0 Å². The van der Waals surface area contributed by atoms with Crippen LogP contribution in [0.15, 0.2) is 48.5 Å². The molecule has 2 amide bonds. The molecule has 29 heavy (non-hydrogen) atoms. The van der Waals surface area contributed by atoms with Crippen LogP contribution in [0.5, 0.6) is 0 Å². The van der Waals surface area contributed by atoms with Crippen molar-refractivity contribution in [1.82, 2.24) is 10.2 Å². The van der Waals surface area contributed by atoms with Crippen LogP contribution in [0.1, 0.15) is 25.3 Å². The second-order valence-electron chi connectivity index (χ2n) is 6.82. The summed E-state index contributed by atoms with van der Waals surface area (Å²) in [5.41, 5.74) is 1.76. The molecule has 2 aromatic carbocycles. The minimum atomic E-state index is -0.223. The van der Waals surface area contributed by atoms with E-state index in [-0.39, 0.29) is 24.9 Å². The van der Waals surface area contributed by atoms with E-state index in [9.17, 15) is 9.59 Å². The summed E-state index contributed by atoms with van der Waals surface area (Å²) >= 11 is 12.0. The van der Waals surface area contributed by atoms with Crippen LogP contribution in [0.3, 0.4) is 0 Å². The molecule has 0 radical (unpaired) electrons. The Bertz CT molecular complexity index is 800. The van der Waals surface area contributed by atoms with Gasteiger partial charge in [0.2, 0.25) is 11.8 Å². The van der Waals surface area contributed by atoms with E-state index in [1.165, 1.54) is 5.56 Å². The first kappa shape index (κ1) is 23.2. The normalized spacial score (nSPS) is 10.8. The molecule has 0 heterocycles. The average Bonchev–Trinajstić information content (AvgIpc) is 2.68. The molecule has 2 N–H and O–H groups in total. The van der Waals surface area contributed by atoms with Gasteiger partial charge in [-0.3, -0.25) is 14.5 Å². The number of amides is 2. The molecule has 2 aromatic rings. The molecule has 0 saturated heterocycles. The molecule has 7 heteroatoms. The highest BCUT2D eigenvalue weighted by molar-refractivity contribution is 6.36. The minimum absolute atomic E-state index is 0.0798. The quantitative estimate of drug-likeness (QED) is 0.514. The van der Waals surface area contributed by atoms with Gasteiger partial charge < -0.3 is 10.6 Å². The molecule has 0 aliphatic heterocycles. The van der Waals surface area contributed by atoms with Gasteiger partial charge in [-0.05, 0) is 49.6 Å². The maximum Gasteiger partial charge on any atom is 0.238 e. The highest BCUT2D eigenvalue weighted by atomic mass is 35.5. The second kappa shape index (κ2) is 12.5. The number of carbonyl (C=O) groups excluding carboxylic acids is 2. The molecule has 0 unspecified atom stereocenters. The highest BCUT2D eigenvalue weighted by Crippen LogP contribution is 2.25. The Morgan fingerprint density at radius 3 is 2.41 bits per heavy atom. The van der Waals surface area contributed by atoms with Gasteiger partial charge in [0.25, 0.3) is 0 Å². The van der Waals surface area contributed by atoms with Gasteiger partial charge in [0.15, 0.2) is 0 Å². The Morgan fingerprint density at radius 2 is 1.72 bits per heavy atom. The molecule has 0 saturated carbocycles. The van der Waals surface area contributed by atoms with Crippen molar-refractivity contribution in [3.05, 3.63) is 64.1 Å². The molecule has 5 nitrogen and oxygen atoms in total. The lowest BCUT2D eigenvalue weighted by molar-refractivity contribution is -0.123. The lowest BCUT2D eigenvalue weighted by Gasteiger charge is -2.21. The standard InChI is InChI=1S/C22H27Cl2N3O2/c1-2-13-27(16-22(29)26-20-11-10-18(23)14-19(20)24)15-21(28)25-12-6-9-17-7-4-3-5-8-17/h3-5,7-8,10-11,14H,2,6,9,12-13,15-16H2,1H3,(H,25,28)(H,26,29). The SMILES string of the molecule is CCCN(CC(=O)NCCCc1ccccc1)CC(=O)Nc1ccc(Cl)cc1Cl. The number of nitrogens with zero attached hydrogens (tertiary/aromatic N) is 1. The van der Waals surface area contributed by atoms with Crippen LogP contribution in [-0.2, 0) is 16.0 Å². The predicted molar refractivity (Wildman–Crippen MR) is 120 cm³/mol. The molecule has 0 spiro atoms. The molecule has 0 bridgehead atoms. The van der Waals surface area contributed by atoms with E-state index in [1.807, 2.05) is 30.0 Å². The lowest BCUT2D eigenvalue weighted by atomic mass is 10.1. The third kappa shape index (κ3) is 8.86. The van der Waals surface area contributed by atoms with Gasteiger partial charge in [-0.15, -0.1) is 0 Å². The smallest absolute Gasteiger partial charge is 0.238 e. The van der Waals surface area contributed by atoms with Crippen LogP contribution in [0.25, 0.3) is 0 Å². The van der Waals surface area contributed by atoms with Gasteiger partial charge >= 0.3 is 0 Å². The number of nitrogens with one attached hydrogen (secondary N) is 2. The number of anilines is 1. The van der Waals surface area contributed by atoms with Crippen LogP contribution in [0.4, 0.5) is 5.69 Å². The largest absolute Gasteiger partial charge is 0.355 e. The summed E-state index contributed by atoms with van der Waals surface area (Å²) in [5, 5.41) is 6.58. The predicted octanol–water partition coefficient (Wildman–Crippen LogP) is 4.39. The van der Waals surface area contributed by atoms with Crippen LogP contribution >= 0.6 is 23.2 Å². The van der Waals surface area contributed by atoms with Gasteiger partial charge in [0, 0.05) is 11.6 Å². The number of aryl methyl sites for hydroxylation is 1. The first-order chi connectivity index (χ1) is 14.0. The Morgan fingerprint density at radius 1 is 1.00 bits per heavy atom. The molecule has 2 rings (SSSR count). The van der Waals surface area contributed by atoms with E-state index >= 15 is 0 Å². The topological polar surface area (TPSA) is 61.4 Å². The fourth-order valence-electron chi connectivity index (χ4n) is 2.94. The Kier molecular flexibility index (Phi) is 9.98. The van der Waals surface area contributed by atoms with E-state index in [4.69, 9.17) is 23.2 Å². The summed E-state index contributed by atoms with van der Waals surface area (Å²) in [6, 6.07) is 15.1. The Balaban J connectivity index is 1.75. The number of halogens is 2. The minimum Gasteiger partial charge on any atom is -0.355 e. The third-order valence-corrected chi connectivity index (χ3v) is 4.83. The van der Waals surface area contributed by atoms with Gasteiger partial charge in [-0.2, -0.15) is 0 Å². The number of hydrogen-bond acceptors (Lipinski definition) is 3. The number of rotatable bonds is 11. The van der Waals surface area contributed by atoms with E-state index < -0.39 is 0 Å². The maximum atomic E-state index is 12.4. The van der Waals surface area contributed by atoms with Gasteiger partial charge in [-0.1, -0.05) is 60.5 Å². The number of carbonyl (C=O) groups is 2. The zero-order valence-corrected chi connectivity index (χ0v) is 18.1. The van der Waals surface area contributed by atoms with Crippen molar-refractivity contribution in [3.8, 4) is 0 Å². The third-order valence-electron chi connectivity index (χ3n) is 4.29. The molecule has 0 aromatic heterocycles. The van der Waals surface area contributed by atoms with Crippen LogP contribution in [0.2, 0.25) is 10.0 Å². The van der Waals surface area contributed by atoms with Crippen LogP contribution in [0, 0.1) is 0 Å². The lowest BCUT2D eigenvalue weighted by Crippen LogP contribution is -2.41. The number of benzene rings is 2. The molecule has 0 fully saturated rings. The molecule has 0 aliphatic carbocycles. The highest BCUT2D eigenvalue weighted by Gasteiger charge is 2.15. The van der Waals surface area contributed by atoms with E-state index in [2.05, 4.69) is 22.8 Å². The van der Waals surface area contributed by atoms with E-state index in [0.29, 0.717) is 28.8 Å². The van der Waals surface area contributed by atoms with Crippen LogP contribution in [-0.4, -0.2) is 42.9 Å². The Hall–Kier alpha value is -2.08. The van der Waals surface area contributed by atoms with Gasteiger partial charge in [0.05, 0.1) is 23.8 Å². The van der Waals surface area contributed by atoms with Crippen molar-refractivity contribution in [1.29, 1.82) is 0 Å². The zero-order valence-electron chi connectivity index (χ0n) is 16.6. The van der Waals surface area contributed by atoms with E-state index in [0.717, 1.165) is 19.3 Å². The van der Waals surface area contributed by atoms with Crippen molar-refractivity contribution >= 4 is 40.7 Å². The second-order valence-corrected chi connectivity index (χ2v) is 7.67. The summed E-state index contributed by atoms with van der Waals surface area (Å²) in [5.74, 6) is -0.302. The van der Waals surface area contributed by atoms with Crippen molar-refractivity contribution < 1.29 is 9.59 Å². The van der Waals surface area contributed by atoms with Gasteiger partial charge in [-0.25, -0.2) is 0 Å². The number of hydrogen-bond donors (Lipinski definition) is 2. The van der Waals surface area contributed by atoms with Crippen molar-refractivity contribution in [2.75, 3.05) is 31.5 Å². The first-order valence-corrected chi connectivity index (χ1v) is 10.5. The summed E-state index contributed by atoms with van der Waals surface area (Å²) in [4.78, 5) is 26.4. The van der Waals surface area contributed by atoms with Crippen molar-refractivity contribution in [3.63, 3.8) is 0 Å². The first-order valence-electron chi connectivity index (χ1n) is 9.75. The fourth-order valence-corrected chi connectivity index (χ4v) is 3.39. The summed E-state index contributed by atoms with van der Waals surface area (Å²) in [6.07, 6.45) is 2.64. The van der Waals surface area contributed by atoms with E-state index in [1.54, 1.807) is 18.2 Å². The van der Waals surface area contributed by atoms with Crippen LogP contribution < -0.4 is 10.6 Å². The summed E-state index contributed by atoms with van der Waals surface area (Å²) in [6.45, 7) is 3.57. The monoisotopic (exact) mass is 435 g/mol. The molecular formula is C22H27Cl2N3O2. The molecular weight excluding hydrogens is 409 g/mol. The summed E-state index contributed by atoms with van der Waals surface area (Å²) in [7, 11) is 0. The molecule has 0 atom stereocenters. The molecule has 0 aliphatic rings. The van der Waals surface area contributed by atoms with Gasteiger partial charge in [0.1, 0.15) is 0 Å². The zero-order chi connectivity index (χ0) is 21.1. The fraction of sp³-hybridized carbons (Fsp3) is 0.364. The molecule has 156 valence electrons. The summed E-state index contributed by atoms with van der Waals surface area (Å²) < 4.78 is 0. The maximum absolute atomic E-state index is 12.4. The average molecular weight is 436 g/mol. The van der Waals surface area contributed by atoms with Crippen molar-refractivity contribution in [2.45, 2.75) is 26.2 Å². The Labute approximate surface area is 182 Å².